The van der Waals surface area contributed by atoms with E-state index in [4.69, 9.17) is 0 Å². The fraction of sp³-hybridized carbons (Fsp3) is 0.158. The van der Waals surface area contributed by atoms with Gasteiger partial charge < -0.3 is 0 Å². The molecule has 1 fully saturated rings. The third-order valence-electron chi connectivity index (χ3n) is 4.38. The predicted molar refractivity (Wildman–Crippen MR) is 97.0 cm³/mol. The van der Waals surface area contributed by atoms with Crippen LogP contribution in [0.25, 0.3) is 16.6 Å². The molecule has 26 heavy (non-hydrogen) atoms. The SMILES string of the molecule is Fc1cccc2c(Sc3nnc(C4CC4)n3-c3ccccc3)ncnc12. The lowest BCUT2D eigenvalue weighted by molar-refractivity contribution is 0.636. The second-order valence-corrected chi connectivity index (χ2v) is 7.16. The Bertz CT molecular complexity index is 1090. The Kier molecular flexibility index (Phi) is 3.67. The van der Waals surface area contributed by atoms with E-state index in [9.17, 15) is 4.39 Å². The molecular weight excluding hydrogens is 349 g/mol. The van der Waals surface area contributed by atoms with Crippen LogP contribution in [0, 0.1) is 5.82 Å². The first-order valence-corrected chi connectivity index (χ1v) is 9.21. The zero-order valence-electron chi connectivity index (χ0n) is 13.7. The third kappa shape index (κ3) is 2.64. The van der Waals surface area contributed by atoms with Gasteiger partial charge in [0.1, 0.15) is 28.5 Å². The Morgan fingerprint density at radius 3 is 2.62 bits per heavy atom. The summed E-state index contributed by atoms with van der Waals surface area (Å²) in [5.74, 6) is 1.08. The number of fused-ring (bicyclic) bond motifs is 1. The van der Waals surface area contributed by atoms with Crippen molar-refractivity contribution in [3.8, 4) is 5.69 Å². The van der Waals surface area contributed by atoms with Gasteiger partial charge in [0.2, 0.25) is 5.16 Å². The van der Waals surface area contributed by atoms with E-state index in [2.05, 4.69) is 24.7 Å². The number of hydrogen-bond acceptors (Lipinski definition) is 5. The van der Waals surface area contributed by atoms with Crippen molar-refractivity contribution in [2.75, 3.05) is 0 Å². The van der Waals surface area contributed by atoms with Crippen LogP contribution in [0.1, 0.15) is 24.6 Å². The van der Waals surface area contributed by atoms with Crippen LogP contribution in [0.5, 0.6) is 0 Å². The lowest BCUT2D eigenvalue weighted by Gasteiger charge is -2.10. The minimum absolute atomic E-state index is 0.318. The maximum atomic E-state index is 14.0. The molecular formula is C19H14FN5S. The molecule has 0 spiro atoms. The highest BCUT2D eigenvalue weighted by Crippen LogP contribution is 2.42. The molecule has 0 radical (unpaired) electrons. The monoisotopic (exact) mass is 363 g/mol. The van der Waals surface area contributed by atoms with Crippen LogP contribution in [0.15, 0.2) is 65.0 Å². The van der Waals surface area contributed by atoms with Gasteiger partial charge in [-0.2, -0.15) is 0 Å². The Morgan fingerprint density at radius 2 is 1.81 bits per heavy atom. The second kappa shape index (κ2) is 6.17. The summed E-state index contributed by atoms with van der Waals surface area (Å²) < 4.78 is 16.1. The fourth-order valence-electron chi connectivity index (χ4n) is 2.97. The highest BCUT2D eigenvalue weighted by molar-refractivity contribution is 7.99. The van der Waals surface area contributed by atoms with E-state index >= 15 is 0 Å². The van der Waals surface area contributed by atoms with Crippen LogP contribution < -0.4 is 0 Å². The van der Waals surface area contributed by atoms with Gasteiger partial charge >= 0.3 is 0 Å². The van der Waals surface area contributed by atoms with Gasteiger partial charge in [0, 0.05) is 17.0 Å². The first-order chi connectivity index (χ1) is 12.8. The molecule has 0 unspecified atom stereocenters. The van der Waals surface area contributed by atoms with Crippen molar-refractivity contribution in [1.82, 2.24) is 24.7 Å². The molecule has 1 saturated carbocycles. The normalized spacial score (nSPS) is 14.0. The zero-order chi connectivity index (χ0) is 17.5. The van der Waals surface area contributed by atoms with E-state index in [1.54, 1.807) is 6.07 Å². The number of hydrogen-bond donors (Lipinski definition) is 0. The molecule has 0 amide bonds. The van der Waals surface area contributed by atoms with Gasteiger partial charge in [0.05, 0.1) is 0 Å². The van der Waals surface area contributed by atoms with Crippen molar-refractivity contribution < 1.29 is 4.39 Å². The molecule has 7 heteroatoms. The van der Waals surface area contributed by atoms with Crippen molar-refractivity contribution in [3.05, 3.63) is 66.5 Å². The van der Waals surface area contributed by atoms with Gasteiger partial charge in [0.25, 0.3) is 0 Å². The molecule has 0 bridgehead atoms. The van der Waals surface area contributed by atoms with E-state index in [1.165, 1.54) is 24.2 Å². The number of rotatable bonds is 4. The van der Waals surface area contributed by atoms with Gasteiger partial charge in [-0.1, -0.05) is 24.3 Å². The molecule has 2 aromatic heterocycles. The minimum Gasteiger partial charge on any atom is -0.273 e. The second-order valence-electron chi connectivity index (χ2n) is 6.20. The lowest BCUT2D eigenvalue weighted by atomic mass is 10.2. The van der Waals surface area contributed by atoms with Gasteiger partial charge in [0.15, 0.2) is 0 Å². The summed E-state index contributed by atoms with van der Waals surface area (Å²) in [6.07, 6.45) is 3.66. The van der Waals surface area contributed by atoms with E-state index in [0.717, 1.165) is 29.5 Å². The summed E-state index contributed by atoms with van der Waals surface area (Å²) >= 11 is 1.38. The van der Waals surface area contributed by atoms with Crippen molar-refractivity contribution in [1.29, 1.82) is 0 Å². The molecule has 0 saturated heterocycles. The molecule has 5 nitrogen and oxygen atoms in total. The van der Waals surface area contributed by atoms with Crippen LogP contribution in [-0.2, 0) is 0 Å². The summed E-state index contributed by atoms with van der Waals surface area (Å²) in [5.41, 5.74) is 1.34. The largest absolute Gasteiger partial charge is 0.273 e. The number of nitrogens with zero attached hydrogens (tertiary/aromatic N) is 5. The summed E-state index contributed by atoms with van der Waals surface area (Å²) in [5, 5.41) is 10.9. The highest BCUT2D eigenvalue weighted by atomic mass is 32.2. The molecule has 128 valence electrons. The van der Waals surface area contributed by atoms with E-state index < -0.39 is 0 Å². The summed E-state index contributed by atoms with van der Waals surface area (Å²) in [6.45, 7) is 0. The van der Waals surface area contributed by atoms with E-state index in [1.807, 2.05) is 36.4 Å². The lowest BCUT2D eigenvalue weighted by Crippen LogP contribution is -2.01. The Morgan fingerprint density at radius 1 is 0.962 bits per heavy atom. The molecule has 0 atom stereocenters. The number of halogens is 1. The molecule has 5 rings (SSSR count). The maximum Gasteiger partial charge on any atom is 0.202 e. The van der Waals surface area contributed by atoms with Crippen molar-refractivity contribution >= 4 is 22.7 Å². The van der Waals surface area contributed by atoms with Crippen molar-refractivity contribution in [3.63, 3.8) is 0 Å². The van der Waals surface area contributed by atoms with Gasteiger partial charge in [-0.05, 0) is 48.9 Å². The summed E-state index contributed by atoms with van der Waals surface area (Å²) in [7, 11) is 0. The van der Waals surface area contributed by atoms with E-state index in [0.29, 0.717) is 21.8 Å². The average Bonchev–Trinajstić information content (AvgIpc) is 3.44. The van der Waals surface area contributed by atoms with Crippen LogP contribution in [0.2, 0.25) is 0 Å². The maximum absolute atomic E-state index is 14.0. The molecule has 2 aromatic carbocycles. The first-order valence-electron chi connectivity index (χ1n) is 8.39. The summed E-state index contributed by atoms with van der Waals surface area (Å²) in [6, 6.07) is 15.0. The third-order valence-corrected chi connectivity index (χ3v) is 5.35. The van der Waals surface area contributed by atoms with E-state index in [-0.39, 0.29) is 5.82 Å². The van der Waals surface area contributed by atoms with Crippen LogP contribution >= 0.6 is 11.8 Å². The standard InChI is InChI=1S/C19H14FN5S/c20-15-8-4-7-14-16(15)21-11-22-18(14)26-19-24-23-17(12-9-10-12)25(19)13-5-2-1-3-6-13/h1-8,11-12H,9-10H2. The van der Waals surface area contributed by atoms with Crippen LogP contribution in [-0.4, -0.2) is 24.7 Å². The minimum atomic E-state index is -0.352. The smallest absolute Gasteiger partial charge is 0.202 e. The molecule has 1 aliphatic carbocycles. The first kappa shape index (κ1) is 15.5. The number of benzene rings is 2. The summed E-state index contributed by atoms with van der Waals surface area (Å²) in [4.78, 5) is 8.42. The zero-order valence-corrected chi connectivity index (χ0v) is 14.5. The molecule has 0 aliphatic heterocycles. The van der Waals surface area contributed by atoms with Gasteiger partial charge in [-0.15, -0.1) is 10.2 Å². The molecule has 4 aromatic rings. The molecule has 0 N–H and O–H groups in total. The Balaban J connectivity index is 1.63. The average molecular weight is 363 g/mol. The topological polar surface area (TPSA) is 56.5 Å². The number of aromatic nitrogens is 5. The molecule has 2 heterocycles. The Labute approximate surface area is 153 Å². The fourth-order valence-corrected chi connectivity index (χ4v) is 3.89. The van der Waals surface area contributed by atoms with Crippen molar-refractivity contribution in [2.45, 2.75) is 28.9 Å². The van der Waals surface area contributed by atoms with Crippen LogP contribution in [0.4, 0.5) is 4.39 Å². The highest BCUT2D eigenvalue weighted by Gasteiger charge is 2.31. The Hall–Kier alpha value is -2.80. The van der Waals surface area contributed by atoms with Gasteiger partial charge in [-0.3, -0.25) is 4.57 Å². The quantitative estimate of drug-likeness (QED) is 0.504. The van der Waals surface area contributed by atoms with Crippen molar-refractivity contribution in [2.24, 2.45) is 0 Å². The van der Waals surface area contributed by atoms with Gasteiger partial charge in [-0.25, -0.2) is 14.4 Å². The molecule has 1 aliphatic rings. The predicted octanol–water partition coefficient (Wildman–Crippen LogP) is 4.38. The van der Waals surface area contributed by atoms with Crippen LogP contribution in [0.3, 0.4) is 0 Å². The number of para-hydroxylation sites is 2.